The molecule has 6 heteroatoms. The number of nitrogens with zero attached hydrogens (tertiary/aromatic N) is 1. The lowest BCUT2D eigenvalue weighted by Gasteiger charge is -2.31. The number of carbonyl (C=O) groups excluding carboxylic acids is 1. The summed E-state index contributed by atoms with van der Waals surface area (Å²) < 4.78 is 11.0. The van der Waals surface area contributed by atoms with Gasteiger partial charge >= 0.3 is 0 Å². The SMILES string of the molecule is CCCOc1c(Cl)cc(C(=O)N(C)C2CCNCC2)cc1OC. The predicted molar refractivity (Wildman–Crippen MR) is 91.8 cm³/mol. The van der Waals surface area contributed by atoms with Gasteiger partial charge in [-0.25, -0.2) is 0 Å². The highest BCUT2D eigenvalue weighted by molar-refractivity contribution is 6.32. The molecule has 1 heterocycles. The van der Waals surface area contributed by atoms with Crippen LogP contribution in [0.25, 0.3) is 0 Å². The van der Waals surface area contributed by atoms with Crippen molar-refractivity contribution in [3.63, 3.8) is 0 Å². The number of rotatable bonds is 6. The molecule has 0 unspecified atom stereocenters. The van der Waals surface area contributed by atoms with Crippen LogP contribution in [0.15, 0.2) is 12.1 Å². The van der Waals surface area contributed by atoms with Gasteiger partial charge < -0.3 is 19.7 Å². The molecule has 1 amide bonds. The van der Waals surface area contributed by atoms with Crippen molar-refractivity contribution in [3.05, 3.63) is 22.7 Å². The van der Waals surface area contributed by atoms with Crippen molar-refractivity contribution >= 4 is 17.5 Å². The maximum atomic E-state index is 12.7. The number of carbonyl (C=O) groups is 1. The zero-order valence-corrected chi connectivity index (χ0v) is 14.8. The summed E-state index contributed by atoms with van der Waals surface area (Å²) in [5.74, 6) is 0.948. The van der Waals surface area contributed by atoms with Gasteiger partial charge in [-0.15, -0.1) is 0 Å². The van der Waals surface area contributed by atoms with Gasteiger partial charge in [-0.05, 0) is 44.5 Å². The number of piperidine rings is 1. The zero-order valence-electron chi connectivity index (χ0n) is 14.0. The van der Waals surface area contributed by atoms with E-state index in [1.807, 2.05) is 14.0 Å². The van der Waals surface area contributed by atoms with Gasteiger partial charge in [0.2, 0.25) is 0 Å². The van der Waals surface area contributed by atoms with Crippen LogP contribution in [-0.4, -0.2) is 50.7 Å². The molecule has 1 aromatic rings. The molecule has 1 N–H and O–H groups in total. The first kappa shape index (κ1) is 17.9. The van der Waals surface area contributed by atoms with Gasteiger partial charge in [0.05, 0.1) is 18.7 Å². The van der Waals surface area contributed by atoms with Crippen LogP contribution in [0.2, 0.25) is 5.02 Å². The van der Waals surface area contributed by atoms with Gasteiger partial charge in [0.25, 0.3) is 5.91 Å². The number of halogens is 1. The average molecular weight is 341 g/mol. The van der Waals surface area contributed by atoms with E-state index in [-0.39, 0.29) is 11.9 Å². The predicted octanol–water partition coefficient (Wildman–Crippen LogP) is 2.96. The molecule has 5 nitrogen and oxygen atoms in total. The lowest BCUT2D eigenvalue weighted by atomic mass is 10.0. The van der Waals surface area contributed by atoms with E-state index in [9.17, 15) is 4.79 Å². The molecular weight excluding hydrogens is 316 g/mol. The molecule has 1 saturated heterocycles. The van der Waals surface area contributed by atoms with Crippen LogP contribution in [0, 0.1) is 0 Å². The van der Waals surface area contributed by atoms with Crippen molar-refractivity contribution in [2.24, 2.45) is 0 Å². The third-order valence-corrected chi connectivity index (χ3v) is 4.38. The maximum absolute atomic E-state index is 12.7. The third-order valence-electron chi connectivity index (χ3n) is 4.10. The van der Waals surface area contributed by atoms with Crippen LogP contribution < -0.4 is 14.8 Å². The number of amides is 1. The minimum atomic E-state index is -0.0425. The molecule has 0 aliphatic carbocycles. The van der Waals surface area contributed by atoms with Crippen LogP contribution in [0.5, 0.6) is 11.5 Å². The summed E-state index contributed by atoms with van der Waals surface area (Å²) >= 11 is 6.30. The van der Waals surface area contributed by atoms with Crippen LogP contribution in [0.4, 0.5) is 0 Å². The fourth-order valence-corrected chi connectivity index (χ4v) is 3.02. The van der Waals surface area contributed by atoms with Gasteiger partial charge in [0.1, 0.15) is 0 Å². The van der Waals surface area contributed by atoms with E-state index in [2.05, 4.69) is 5.32 Å². The maximum Gasteiger partial charge on any atom is 0.254 e. The van der Waals surface area contributed by atoms with Crippen molar-refractivity contribution in [1.82, 2.24) is 10.2 Å². The third kappa shape index (κ3) is 4.30. The molecule has 23 heavy (non-hydrogen) atoms. The number of hydrogen-bond acceptors (Lipinski definition) is 4. The molecule has 128 valence electrons. The highest BCUT2D eigenvalue weighted by Crippen LogP contribution is 2.37. The zero-order chi connectivity index (χ0) is 16.8. The topological polar surface area (TPSA) is 50.8 Å². The number of hydrogen-bond donors (Lipinski definition) is 1. The average Bonchev–Trinajstić information content (AvgIpc) is 2.59. The Bertz CT molecular complexity index is 545. The monoisotopic (exact) mass is 340 g/mol. The second-order valence-corrected chi connectivity index (χ2v) is 6.14. The van der Waals surface area contributed by atoms with Crippen LogP contribution in [0.1, 0.15) is 36.5 Å². The summed E-state index contributed by atoms with van der Waals surface area (Å²) in [5, 5.41) is 3.71. The van der Waals surface area contributed by atoms with Gasteiger partial charge in [-0.1, -0.05) is 18.5 Å². The summed E-state index contributed by atoms with van der Waals surface area (Å²) in [6, 6.07) is 3.62. The molecular formula is C17H25ClN2O3. The Kier molecular flexibility index (Phi) is 6.54. The quantitative estimate of drug-likeness (QED) is 0.865. The standard InChI is InChI=1S/C17H25ClN2O3/c1-4-9-23-16-14(18)10-12(11-15(16)22-3)17(21)20(2)13-5-7-19-8-6-13/h10-11,13,19H,4-9H2,1-3H3. The normalized spacial score (nSPS) is 15.3. The highest BCUT2D eigenvalue weighted by atomic mass is 35.5. The van der Waals surface area contributed by atoms with Crippen molar-refractivity contribution < 1.29 is 14.3 Å². The number of ether oxygens (including phenoxy) is 2. The molecule has 0 radical (unpaired) electrons. The Morgan fingerprint density at radius 1 is 1.39 bits per heavy atom. The molecule has 1 fully saturated rings. The molecule has 1 aliphatic rings. The Balaban J connectivity index is 2.21. The van der Waals surface area contributed by atoms with E-state index in [1.54, 1.807) is 24.1 Å². The lowest BCUT2D eigenvalue weighted by molar-refractivity contribution is 0.0703. The van der Waals surface area contributed by atoms with Gasteiger partial charge in [0.15, 0.2) is 11.5 Å². The van der Waals surface area contributed by atoms with E-state index < -0.39 is 0 Å². The molecule has 1 aromatic carbocycles. The van der Waals surface area contributed by atoms with Crippen molar-refractivity contribution in [2.75, 3.05) is 33.9 Å². The largest absolute Gasteiger partial charge is 0.493 e. The molecule has 0 bridgehead atoms. The fraction of sp³-hybridized carbons (Fsp3) is 0.588. The minimum absolute atomic E-state index is 0.0425. The first-order valence-electron chi connectivity index (χ1n) is 8.06. The van der Waals surface area contributed by atoms with Crippen LogP contribution >= 0.6 is 11.6 Å². The number of benzene rings is 1. The highest BCUT2D eigenvalue weighted by Gasteiger charge is 2.24. The second kappa shape index (κ2) is 8.41. The van der Waals surface area contributed by atoms with E-state index in [0.717, 1.165) is 32.4 Å². The summed E-state index contributed by atoms with van der Waals surface area (Å²) in [6.45, 7) is 4.46. The van der Waals surface area contributed by atoms with Crippen molar-refractivity contribution in [2.45, 2.75) is 32.2 Å². The number of methoxy groups -OCH3 is 1. The van der Waals surface area contributed by atoms with Crippen LogP contribution in [0.3, 0.4) is 0 Å². The molecule has 0 atom stereocenters. The fourth-order valence-electron chi connectivity index (χ4n) is 2.75. The van der Waals surface area contributed by atoms with Gasteiger partial charge in [-0.3, -0.25) is 4.79 Å². The second-order valence-electron chi connectivity index (χ2n) is 5.74. The minimum Gasteiger partial charge on any atom is -0.493 e. The number of nitrogens with one attached hydrogen (secondary N) is 1. The van der Waals surface area contributed by atoms with Crippen molar-refractivity contribution in [3.8, 4) is 11.5 Å². The Hall–Kier alpha value is -1.46. The molecule has 0 saturated carbocycles. The smallest absolute Gasteiger partial charge is 0.254 e. The lowest BCUT2D eigenvalue weighted by Crippen LogP contribution is -2.43. The summed E-state index contributed by atoms with van der Waals surface area (Å²) in [5.41, 5.74) is 0.525. The summed E-state index contributed by atoms with van der Waals surface area (Å²) in [7, 11) is 3.40. The first-order chi connectivity index (χ1) is 11.1. The van der Waals surface area contributed by atoms with E-state index in [1.165, 1.54) is 0 Å². The summed E-state index contributed by atoms with van der Waals surface area (Å²) in [6.07, 6.45) is 2.80. The Labute approximate surface area is 142 Å². The van der Waals surface area contributed by atoms with E-state index in [0.29, 0.717) is 28.7 Å². The van der Waals surface area contributed by atoms with Gasteiger partial charge in [0, 0.05) is 18.7 Å². The summed E-state index contributed by atoms with van der Waals surface area (Å²) in [4.78, 5) is 14.5. The molecule has 0 aromatic heterocycles. The Morgan fingerprint density at radius 3 is 2.70 bits per heavy atom. The molecule has 1 aliphatic heterocycles. The Morgan fingerprint density at radius 2 is 2.09 bits per heavy atom. The van der Waals surface area contributed by atoms with E-state index >= 15 is 0 Å². The first-order valence-corrected chi connectivity index (χ1v) is 8.44. The molecule has 0 spiro atoms. The van der Waals surface area contributed by atoms with Crippen molar-refractivity contribution in [1.29, 1.82) is 0 Å². The molecule has 2 rings (SSSR count). The van der Waals surface area contributed by atoms with Crippen LogP contribution in [-0.2, 0) is 0 Å². The van der Waals surface area contributed by atoms with E-state index in [4.69, 9.17) is 21.1 Å². The van der Waals surface area contributed by atoms with Gasteiger partial charge in [-0.2, -0.15) is 0 Å².